The highest BCUT2D eigenvalue weighted by Crippen LogP contribution is 2.30. The van der Waals surface area contributed by atoms with Gasteiger partial charge in [-0.3, -0.25) is 14.4 Å². The van der Waals surface area contributed by atoms with Gasteiger partial charge in [0, 0.05) is 61.7 Å². The van der Waals surface area contributed by atoms with Gasteiger partial charge in [0.25, 0.3) is 5.56 Å². The molecular weight excluding hydrogens is 518 g/mol. The number of piperazine rings is 1. The molecule has 6 nitrogen and oxygen atoms in total. The van der Waals surface area contributed by atoms with Crippen molar-refractivity contribution in [3.8, 4) is 22.9 Å². The monoisotopic (exact) mass is 551 g/mol. The summed E-state index contributed by atoms with van der Waals surface area (Å²) in [6.07, 6.45) is 1.93. The maximum atomic E-state index is 13.7. The van der Waals surface area contributed by atoms with Crippen molar-refractivity contribution in [3.63, 3.8) is 0 Å². The summed E-state index contributed by atoms with van der Waals surface area (Å²) in [7, 11) is 1.87. The van der Waals surface area contributed by atoms with Crippen LogP contribution < -0.4 is 10.5 Å². The first-order chi connectivity index (χ1) is 20.5. The molecule has 0 N–H and O–H groups in total. The molecule has 1 aliphatic rings. The number of anilines is 1. The Balaban J connectivity index is 1.23. The summed E-state index contributed by atoms with van der Waals surface area (Å²) >= 11 is 0. The van der Waals surface area contributed by atoms with Gasteiger partial charge in [-0.25, -0.2) is 0 Å². The van der Waals surface area contributed by atoms with E-state index in [2.05, 4.69) is 64.2 Å². The number of aliphatic imine (C=N–C) groups is 1. The van der Waals surface area contributed by atoms with Gasteiger partial charge in [-0.05, 0) is 84.0 Å². The molecule has 1 saturated heterocycles. The molecule has 1 fully saturated rings. The van der Waals surface area contributed by atoms with Crippen molar-refractivity contribution in [3.05, 3.63) is 130 Å². The minimum absolute atomic E-state index is 0.0463. The summed E-state index contributed by atoms with van der Waals surface area (Å²) in [5, 5.41) is 10.8. The number of nitrogens with zero attached hydrogens (tertiary/aromatic N) is 5. The third kappa shape index (κ3) is 4.95. The minimum atomic E-state index is -0.0463. The highest BCUT2D eigenvalue weighted by atomic mass is 16.1. The largest absolute Gasteiger partial charge is 0.368 e. The van der Waals surface area contributed by atoms with Crippen molar-refractivity contribution in [2.24, 2.45) is 4.99 Å². The topological polar surface area (TPSA) is 64.6 Å². The molecule has 0 bridgehead atoms. The second kappa shape index (κ2) is 11.4. The minimum Gasteiger partial charge on any atom is -0.368 e. The molecule has 0 radical (unpaired) electrons. The van der Waals surface area contributed by atoms with Gasteiger partial charge in [0.1, 0.15) is 5.84 Å². The van der Waals surface area contributed by atoms with Gasteiger partial charge in [-0.2, -0.15) is 5.26 Å². The van der Waals surface area contributed by atoms with Crippen molar-refractivity contribution in [2.45, 2.75) is 13.8 Å². The van der Waals surface area contributed by atoms with Crippen molar-refractivity contribution < 1.29 is 0 Å². The fourth-order valence-electron chi connectivity index (χ4n) is 6.02. The van der Waals surface area contributed by atoms with Crippen molar-refractivity contribution in [2.75, 3.05) is 38.1 Å². The van der Waals surface area contributed by atoms with Crippen LogP contribution in [0.1, 0.15) is 22.3 Å². The maximum Gasteiger partial charge on any atom is 0.262 e. The van der Waals surface area contributed by atoms with Gasteiger partial charge in [0.05, 0.1) is 11.6 Å². The number of pyridine rings is 1. The lowest BCUT2D eigenvalue weighted by molar-refractivity contribution is 0.386. The number of hydrogen-bond donors (Lipinski definition) is 0. The Kier molecular flexibility index (Phi) is 7.33. The van der Waals surface area contributed by atoms with Crippen LogP contribution in [-0.2, 0) is 0 Å². The first kappa shape index (κ1) is 27.0. The van der Waals surface area contributed by atoms with Gasteiger partial charge in [0.2, 0.25) is 0 Å². The summed E-state index contributed by atoms with van der Waals surface area (Å²) in [5.41, 5.74) is 7.99. The number of nitriles is 1. The fraction of sp³-hybridized carbons (Fsp3) is 0.194. The van der Waals surface area contributed by atoms with Crippen LogP contribution in [0.15, 0.2) is 107 Å². The Bertz CT molecular complexity index is 1890. The van der Waals surface area contributed by atoms with Crippen LogP contribution in [0.4, 0.5) is 5.69 Å². The summed E-state index contributed by atoms with van der Waals surface area (Å²) in [4.78, 5) is 23.1. The lowest BCUT2D eigenvalue weighted by atomic mass is 9.96. The van der Waals surface area contributed by atoms with E-state index in [4.69, 9.17) is 5.26 Å². The van der Waals surface area contributed by atoms with E-state index in [-0.39, 0.29) is 5.56 Å². The molecule has 2 heterocycles. The van der Waals surface area contributed by atoms with E-state index in [1.165, 1.54) is 11.1 Å². The Morgan fingerprint density at radius 3 is 2.14 bits per heavy atom. The van der Waals surface area contributed by atoms with E-state index in [9.17, 15) is 4.79 Å². The van der Waals surface area contributed by atoms with Crippen LogP contribution in [0.25, 0.3) is 27.6 Å². The first-order valence-electron chi connectivity index (χ1n) is 14.3. The molecule has 42 heavy (non-hydrogen) atoms. The van der Waals surface area contributed by atoms with Crippen LogP contribution >= 0.6 is 0 Å². The SMILES string of the molecule is C/N=C(\c1ccccc1C)N1CCN(c2ccc(-n3cc(C)c4c(-c5ccc(C#N)cc5)cccc4c3=O)cc2)CC1. The van der Waals surface area contributed by atoms with E-state index < -0.39 is 0 Å². The predicted octanol–water partition coefficient (Wildman–Crippen LogP) is 6.34. The number of amidine groups is 1. The Labute approximate surface area is 246 Å². The van der Waals surface area contributed by atoms with Crippen molar-refractivity contribution in [1.82, 2.24) is 9.47 Å². The number of aryl methyl sites for hydroxylation is 2. The molecule has 1 aliphatic heterocycles. The zero-order valence-electron chi connectivity index (χ0n) is 24.2. The smallest absolute Gasteiger partial charge is 0.262 e. The van der Waals surface area contributed by atoms with E-state index in [0.29, 0.717) is 10.9 Å². The van der Waals surface area contributed by atoms with Crippen LogP contribution in [-0.4, -0.2) is 48.5 Å². The number of fused-ring (bicyclic) bond motifs is 1. The van der Waals surface area contributed by atoms with Crippen LogP contribution in [0, 0.1) is 25.2 Å². The number of rotatable bonds is 4. The lowest BCUT2D eigenvalue weighted by Crippen LogP contribution is -2.49. The highest BCUT2D eigenvalue weighted by Gasteiger charge is 2.22. The lowest BCUT2D eigenvalue weighted by Gasteiger charge is -2.38. The fourth-order valence-corrected chi connectivity index (χ4v) is 6.02. The van der Waals surface area contributed by atoms with Crippen LogP contribution in [0.2, 0.25) is 0 Å². The Morgan fingerprint density at radius 1 is 0.786 bits per heavy atom. The molecule has 0 unspecified atom stereocenters. The van der Waals surface area contributed by atoms with Gasteiger partial charge < -0.3 is 9.80 Å². The van der Waals surface area contributed by atoms with Gasteiger partial charge in [-0.1, -0.05) is 48.5 Å². The molecule has 1 aromatic heterocycles. The van der Waals surface area contributed by atoms with E-state index >= 15 is 0 Å². The van der Waals surface area contributed by atoms with Gasteiger partial charge in [0.15, 0.2) is 0 Å². The van der Waals surface area contributed by atoms with Crippen molar-refractivity contribution >= 4 is 22.3 Å². The first-order valence-corrected chi connectivity index (χ1v) is 14.3. The number of hydrogen-bond acceptors (Lipinski definition) is 4. The van der Waals surface area contributed by atoms with Gasteiger partial charge >= 0.3 is 0 Å². The van der Waals surface area contributed by atoms with Crippen LogP contribution in [0.3, 0.4) is 0 Å². The Hall–Kier alpha value is -5.15. The van der Waals surface area contributed by atoms with Crippen molar-refractivity contribution in [1.29, 1.82) is 5.26 Å². The van der Waals surface area contributed by atoms with Crippen LogP contribution in [0.5, 0.6) is 0 Å². The summed E-state index contributed by atoms with van der Waals surface area (Å²) in [6, 6.07) is 32.2. The molecule has 208 valence electrons. The zero-order chi connectivity index (χ0) is 29.2. The molecule has 0 saturated carbocycles. The molecule has 0 spiro atoms. The third-order valence-electron chi connectivity index (χ3n) is 8.23. The van der Waals surface area contributed by atoms with E-state index in [1.807, 2.05) is 74.8 Å². The molecule has 0 amide bonds. The molecule has 0 atom stereocenters. The maximum absolute atomic E-state index is 13.7. The average molecular weight is 552 g/mol. The van der Waals surface area contributed by atoms with E-state index in [1.54, 1.807) is 4.57 Å². The molecule has 6 rings (SSSR count). The standard InChI is InChI=1S/C36H33N5O/c1-25-7-4-5-8-31(25)35(38-3)40-21-19-39(20-22-40)29-15-17-30(18-16-29)41-24-26(2)34-32(9-6-10-33(34)36(41)42)28-13-11-27(23-37)12-14-28/h4-18,24H,19-22H2,1-3H3/b38-35+. The second-order valence-electron chi connectivity index (χ2n) is 10.8. The number of benzene rings is 4. The predicted molar refractivity (Wildman–Crippen MR) is 172 cm³/mol. The molecule has 5 aromatic rings. The second-order valence-corrected chi connectivity index (χ2v) is 10.8. The van der Waals surface area contributed by atoms with E-state index in [0.717, 1.165) is 65.5 Å². The third-order valence-corrected chi connectivity index (χ3v) is 8.23. The summed E-state index contributed by atoms with van der Waals surface area (Å²) in [5.74, 6) is 1.05. The Morgan fingerprint density at radius 2 is 1.48 bits per heavy atom. The normalized spacial score (nSPS) is 13.8. The number of aromatic nitrogens is 1. The molecule has 0 aliphatic carbocycles. The molecular formula is C36H33N5O. The molecule has 6 heteroatoms. The average Bonchev–Trinajstić information content (AvgIpc) is 3.04. The summed E-state index contributed by atoms with van der Waals surface area (Å²) < 4.78 is 1.74. The highest BCUT2D eigenvalue weighted by molar-refractivity contribution is 6.00. The molecule has 4 aromatic carbocycles. The van der Waals surface area contributed by atoms with Gasteiger partial charge in [-0.15, -0.1) is 0 Å². The summed E-state index contributed by atoms with van der Waals surface area (Å²) in [6.45, 7) is 7.77. The zero-order valence-corrected chi connectivity index (χ0v) is 24.2. The quantitative estimate of drug-likeness (QED) is 0.193.